The average molecular weight is 323 g/mol. The molecule has 0 amide bonds. The summed E-state index contributed by atoms with van der Waals surface area (Å²) in [7, 11) is 0. The lowest BCUT2D eigenvalue weighted by molar-refractivity contribution is -0.137. The van der Waals surface area contributed by atoms with E-state index >= 15 is 0 Å². The van der Waals surface area contributed by atoms with Gasteiger partial charge in [0.1, 0.15) is 0 Å². The smallest absolute Gasteiger partial charge is 0.303 e. The third-order valence-corrected chi connectivity index (χ3v) is 4.23. The fourth-order valence-electron chi connectivity index (χ4n) is 2.99. The molecule has 0 aliphatic rings. The van der Waals surface area contributed by atoms with E-state index in [9.17, 15) is 4.79 Å². The molecular weight excluding hydrogens is 284 g/mol. The van der Waals surface area contributed by atoms with Crippen molar-refractivity contribution >= 4 is 5.97 Å². The fourth-order valence-corrected chi connectivity index (χ4v) is 2.99. The van der Waals surface area contributed by atoms with Gasteiger partial charge in [-0.1, -0.05) is 69.2 Å². The second-order valence-electron chi connectivity index (χ2n) is 7.06. The zero-order chi connectivity index (χ0) is 17.5. The standard InChI is InChI=1S/C21H38O2/c1-5-6-7-8-9-10-11-13-18(2)16-20(4)17-19(3)14-12-15-21(22)23/h13,17,19H,5-12,14-16H2,1-4H3,(H,22,23)/b18-13-,20-17+/t19-/m1/s1. The van der Waals surface area contributed by atoms with Crippen LogP contribution >= 0.6 is 0 Å². The Morgan fingerprint density at radius 3 is 2.30 bits per heavy atom. The zero-order valence-corrected chi connectivity index (χ0v) is 15.9. The van der Waals surface area contributed by atoms with Gasteiger partial charge >= 0.3 is 5.97 Å². The Hall–Kier alpha value is -1.05. The van der Waals surface area contributed by atoms with Gasteiger partial charge in [-0.05, 0) is 51.9 Å². The molecule has 1 atom stereocenters. The van der Waals surface area contributed by atoms with Crippen molar-refractivity contribution in [2.24, 2.45) is 5.92 Å². The summed E-state index contributed by atoms with van der Waals surface area (Å²) < 4.78 is 0. The number of hydrogen-bond acceptors (Lipinski definition) is 1. The maximum absolute atomic E-state index is 10.5. The van der Waals surface area contributed by atoms with E-state index in [0.717, 1.165) is 19.3 Å². The molecule has 0 aromatic heterocycles. The number of allylic oxidation sites excluding steroid dienone is 4. The lowest BCUT2D eigenvalue weighted by atomic mass is 9.98. The van der Waals surface area contributed by atoms with Gasteiger partial charge in [-0.25, -0.2) is 0 Å². The second kappa shape index (κ2) is 14.5. The van der Waals surface area contributed by atoms with Crippen LogP contribution in [0.5, 0.6) is 0 Å². The summed E-state index contributed by atoms with van der Waals surface area (Å²) in [4.78, 5) is 10.5. The Bertz CT molecular complexity index is 366. The third kappa shape index (κ3) is 15.6. The van der Waals surface area contributed by atoms with Crippen molar-refractivity contribution in [3.05, 3.63) is 23.3 Å². The van der Waals surface area contributed by atoms with Crippen LogP contribution in [0.25, 0.3) is 0 Å². The Kier molecular flexibility index (Phi) is 13.9. The van der Waals surface area contributed by atoms with Crippen LogP contribution in [0.2, 0.25) is 0 Å². The molecule has 0 radical (unpaired) electrons. The topological polar surface area (TPSA) is 37.3 Å². The highest BCUT2D eigenvalue weighted by Gasteiger charge is 2.03. The van der Waals surface area contributed by atoms with Crippen LogP contribution in [0.15, 0.2) is 23.3 Å². The van der Waals surface area contributed by atoms with Crippen molar-refractivity contribution in [3.8, 4) is 0 Å². The molecule has 2 heteroatoms. The van der Waals surface area contributed by atoms with Crippen molar-refractivity contribution in [1.29, 1.82) is 0 Å². The summed E-state index contributed by atoms with van der Waals surface area (Å²) >= 11 is 0. The molecule has 2 nitrogen and oxygen atoms in total. The minimum Gasteiger partial charge on any atom is -0.481 e. The first kappa shape index (κ1) is 21.9. The maximum atomic E-state index is 10.5. The van der Waals surface area contributed by atoms with E-state index < -0.39 is 5.97 Å². The Labute approximate surface area is 144 Å². The van der Waals surface area contributed by atoms with Crippen LogP contribution < -0.4 is 0 Å². The van der Waals surface area contributed by atoms with Gasteiger partial charge in [0.15, 0.2) is 0 Å². The number of rotatable bonds is 14. The van der Waals surface area contributed by atoms with Gasteiger partial charge in [-0.2, -0.15) is 0 Å². The van der Waals surface area contributed by atoms with Crippen molar-refractivity contribution in [2.75, 3.05) is 0 Å². The molecular formula is C21H38O2. The number of hydrogen-bond donors (Lipinski definition) is 1. The van der Waals surface area contributed by atoms with Gasteiger partial charge in [0.25, 0.3) is 0 Å². The van der Waals surface area contributed by atoms with Gasteiger partial charge in [-0.15, -0.1) is 0 Å². The molecule has 0 aliphatic heterocycles. The Morgan fingerprint density at radius 2 is 1.65 bits per heavy atom. The normalized spacial score (nSPS) is 14.1. The van der Waals surface area contributed by atoms with Crippen molar-refractivity contribution in [3.63, 3.8) is 0 Å². The molecule has 0 saturated heterocycles. The number of unbranched alkanes of at least 4 members (excludes halogenated alkanes) is 6. The molecule has 0 aliphatic carbocycles. The number of carboxylic acids is 1. The van der Waals surface area contributed by atoms with Gasteiger partial charge in [0, 0.05) is 6.42 Å². The van der Waals surface area contributed by atoms with E-state index in [1.54, 1.807) is 0 Å². The predicted molar refractivity (Wildman–Crippen MR) is 101 cm³/mol. The summed E-state index contributed by atoms with van der Waals surface area (Å²) in [5, 5.41) is 8.67. The molecule has 0 bridgehead atoms. The minimum absolute atomic E-state index is 0.286. The van der Waals surface area contributed by atoms with Gasteiger partial charge in [-0.3, -0.25) is 4.79 Å². The molecule has 0 aromatic rings. The molecule has 134 valence electrons. The Morgan fingerprint density at radius 1 is 1.00 bits per heavy atom. The Balaban J connectivity index is 3.88. The molecule has 1 N–H and O–H groups in total. The highest BCUT2D eigenvalue weighted by atomic mass is 16.4. The van der Waals surface area contributed by atoms with Crippen LogP contribution in [0.4, 0.5) is 0 Å². The van der Waals surface area contributed by atoms with Gasteiger partial charge < -0.3 is 5.11 Å². The van der Waals surface area contributed by atoms with Gasteiger partial charge in [0.2, 0.25) is 0 Å². The molecule has 0 saturated carbocycles. The van der Waals surface area contributed by atoms with E-state index in [2.05, 4.69) is 39.8 Å². The largest absolute Gasteiger partial charge is 0.481 e. The molecule has 0 rings (SSSR count). The predicted octanol–water partition coefficient (Wildman–Crippen LogP) is 6.91. The zero-order valence-electron chi connectivity index (χ0n) is 15.9. The highest BCUT2D eigenvalue weighted by Crippen LogP contribution is 2.17. The van der Waals surface area contributed by atoms with E-state index in [0.29, 0.717) is 5.92 Å². The van der Waals surface area contributed by atoms with Crippen molar-refractivity contribution < 1.29 is 9.90 Å². The highest BCUT2D eigenvalue weighted by molar-refractivity contribution is 5.66. The fraction of sp³-hybridized carbons (Fsp3) is 0.762. The number of aliphatic carboxylic acids is 1. The minimum atomic E-state index is -0.689. The quantitative estimate of drug-likeness (QED) is 0.278. The molecule has 0 spiro atoms. The van der Waals surface area contributed by atoms with E-state index in [4.69, 9.17) is 5.11 Å². The molecule has 0 aromatic carbocycles. The third-order valence-electron chi connectivity index (χ3n) is 4.23. The summed E-state index contributed by atoms with van der Waals surface area (Å²) in [6.45, 7) is 8.86. The SMILES string of the molecule is CCCCCCCC/C=C(/C)C/C(C)=C/[C@H](C)CCCC(=O)O. The molecule has 0 unspecified atom stereocenters. The van der Waals surface area contributed by atoms with Crippen molar-refractivity contribution in [2.45, 2.75) is 98.3 Å². The van der Waals surface area contributed by atoms with Crippen LogP contribution in [-0.4, -0.2) is 11.1 Å². The molecule has 0 fully saturated rings. The first-order valence-corrected chi connectivity index (χ1v) is 9.50. The van der Waals surface area contributed by atoms with Crippen molar-refractivity contribution in [1.82, 2.24) is 0 Å². The molecule has 23 heavy (non-hydrogen) atoms. The number of carbonyl (C=O) groups is 1. The van der Waals surface area contributed by atoms with E-state index in [-0.39, 0.29) is 6.42 Å². The van der Waals surface area contributed by atoms with E-state index in [1.165, 1.54) is 56.1 Å². The first-order chi connectivity index (χ1) is 11.0. The summed E-state index contributed by atoms with van der Waals surface area (Å²) in [6.07, 6.45) is 17.1. The van der Waals surface area contributed by atoms with Crippen LogP contribution in [-0.2, 0) is 4.79 Å². The summed E-state index contributed by atoms with van der Waals surface area (Å²) in [5.74, 6) is -0.216. The summed E-state index contributed by atoms with van der Waals surface area (Å²) in [5.41, 5.74) is 2.87. The lowest BCUT2D eigenvalue weighted by Gasteiger charge is -2.08. The number of carboxylic acid groups (broad SMARTS) is 1. The second-order valence-corrected chi connectivity index (χ2v) is 7.06. The molecule has 0 heterocycles. The van der Waals surface area contributed by atoms with Crippen LogP contribution in [0, 0.1) is 5.92 Å². The lowest BCUT2D eigenvalue weighted by Crippen LogP contribution is -1.97. The average Bonchev–Trinajstić information content (AvgIpc) is 2.45. The first-order valence-electron chi connectivity index (χ1n) is 9.50. The summed E-state index contributed by atoms with van der Waals surface area (Å²) in [6, 6.07) is 0. The van der Waals surface area contributed by atoms with Crippen LogP contribution in [0.3, 0.4) is 0 Å². The maximum Gasteiger partial charge on any atom is 0.303 e. The van der Waals surface area contributed by atoms with Gasteiger partial charge in [0.05, 0.1) is 0 Å². The monoisotopic (exact) mass is 322 g/mol. The van der Waals surface area contributed by atoms with E-state index in [1.807, 2.05) is 0 Å². The van der Waals surface area contributed by atoms with Crippen LogP contribution in [0.1, 0.15) is 98.3 Å².